The molecule has 1 N–H and O–H groups in total. The smallest absolute Gasteiger partial charge is 0.270 e. The van der Waals surface area contributed by atoms with Crippen molar-refractivity contribution in [1.82, 2.24) is 15.1 Å². The molecule has 2 saturated heterocycles. The number of ether oxygens (including phenoxy) is 1. The van der Waals surface area contributed by atoms with Crippen LogP contribution in [0.15, 0.2) is 42.5 Å². The lowest BCUT2D eigenvalue weighted by Crippen LogP contribution is -2.59. The predicted molar refractivity (Wildman–Crippen MR) is 132 cm³/mol. The Balaban J connectivity index is 1.41. The van der Waals surface area contributed by atoms with Crippen molar-refractivity contribution in [2.75, 3.05) is 51.3 Å². The van der Waals surface area contributed by atoms with E-state index in [1.807, 2.05) is 24.3 Å². The molecular weight excluding hydrogens is 490 g/mol. The Hall–Kier alpha value is -3.86. The topological polar surface area (TPSA) is 125 Å². The van der Waals surface area contributed by atoms with Gasteiger partial charge in [-0.25, -0.2) is 0 Å². The minimum Gasteiger partial charge on any atom is -0.497 e. The van der Waals surface area contributed by atoms with Gasteiger partial charge >= 0.3 is 0 Å². The van der Waals surface area contributed by atoms with Gasteiger partial charge in [0.15, 0.2) is 0 Å². The number of carbonyl (C=O) groups is 3. The van der Waals surface area contributed by atoms with Crippen LogP contribution >= 0.6 is 11.6 Å². The number of nitrogens with one attached hydrogen (secondary N) is 1. The van der Waals surface area contributed by atoms with Crippen molar-refractivity contribution in [3.05, 3.63) is 63.2 Å². The maximum Gasteiger partial charge on any atom is 0.270 e. The first-order valence-corrected chi connectivity index (χ1v) is 11.9. The maximum atomic E-state index is 13.2. The summed E-state index contributed by atoms with van der Waals surface area (Å²) in [6.07, 6.45) is -0.162. The number of anilines is 1. The van der Waals surface area contributed by atoms with Crippen LogP contribution in [0.5, 0.6) is 5.75 Å². The van der Waals surface area contributed by atoms with Gasteiger partial charge in [-0.2, -0.15) is 0 Å². The highest BCUT2D eigenvalue weighted by molar-refractivity contribution is 6.34. The van der Waals surface area contributed by atoms with Gasteiger partial charge in [-0.05, 0) is 30.3 Å². The van der Waals surface area contributed by atoms with Crippen LogP contribution in [0.1, 0.15) is 16.8 Å². The third kappa shape index (κ3) is 5.35. The lowest BCUT2D eigenvalue weighted by atomic mass is 10.0. The minimum atomic E-state index is -0.996. The Kier molecular flexibility index (Phi) is 7.58. The van der Waals surface area contributed by atoms with Gasteiger partial charge in [-0.3, -0.25) is 24.5 Å². The van der Waals surface area contributed by atoms with Gasteiger partial charge < -0.3 is 24.8 Å². The summed E-state index contributed by atoms with van der Waals surface area (Å²) in [5.74, 6) is -0.420. The molecule has 2 aliphatic rings. The molecule has 3 amide bonds. The zero-order valence-corrected chi connectivity index (χ0v) is 20.4. The van der Waals surface area contributed by atoms with E-state index in [9.17, 15) is 24.5 Å². The molecule has 190 valence electrons. The zero-order chi connectivity index (χ0) is 25.8. The third-order valence-electron chi connectivity index (χ3n) is 6.42. The van der Waals surface area contributed by atoms with Gasteiger partial charge in [0.2, 0.25) is 11.8 Å². The second-order valence-corrected chi connectivity index (χ2v) is 8.90. The SMILES string of the molecule is COc1ccc(N2CCN(C(=O)CC3C(=O)NCCN3C(=O)c3ccc([N+](=O)[O-])cc3Cl)CC2)cc1. The second-order valence-electron chi connectivity index (χ2n) is 8.50. The van der Waals surface area contributed by atoms with Crippen molar-refractivity contribution in [1.29, 1.82) is 0 Å². The molecule has 0 radical (unpaired) electrons. The van der Waals surface area contributed by atoms with Gasteiger partial charge in [-0.1, -0.05) is 11.6 Å². The van der Waals surface area contributed by atoms with E-state index in [4.69, 9.17) is 16.3 Å². The fraction of sp³-hybridized carbons (Fsp3) is 0.375. The summed E-state index contributed by atoms with van der Waals surface area (Å²) >= 11 is 6.14. The monoisotopic (exact) mass is 515 g/mol. The number of nitrogens with zero attached hydrogens (tertiary/aromatic N) is 4. The van der Waals surface area contributed by atoms with Gasteiger partial charge in [0.05, 0.1) is 29.0 Å². The molecule has 1 atom stereocenters. The van der Waals surface area contributed by atoms with Crippen LogP contribution in [-0.4, -0.2) is 84.9 Å². The average molecular weight is 516 g/mol. The minimum absolute atomic E-state index is 0.0440. The van der Waals surface area contributed by atoms with Gasteiger partial charge in [-0.15, -0.1) is 0 Å². The molecule has 4 rings (SSSR count). The highest BCUT2D eigenvalue weighted by Crippen LogP contribution is 2.26. The normalized spacial score (nSPS) is 18.0. The highest BCUT2D eigenvalue weighted by atomic mass is 35.5. The lowest BCUT2D eigenvalue weighted by Gasteiger charge is -2.39. The summed E-state index contributed by atoms with van der Waals surface area (Å²) in [5.41, 5.74) is 0.835. The summed E-state index contributed by atoms with van der Waals surface area (Å²) in [4.78, 5) is 54.5. The first-order valence-electron chi connectivity index (χ1n) is 11.5. The number of carbonyl (C=O) groups excluding carboxylic acids is 3. The molecule has 0 bridgehead atoms. The van der Waals surface area contributed by atoms with Crippen LogP contribution in [0, 0.1) is 10.1 Å². The summed E-state index contributed by atoms with van der Waals surface area (Å²) in [5, 5.41) is 13.6. The van der Waals surface area contributed by atoms with Crippen LogP contribution < -0.4 is 15.0 Å². The van der Waals surface area contributed by atoms with Crippen LogP contribution in [0.3, 0.4) is 0 Å². The van der Waals surface area contributed by atoms with Crippen LogP contribution in [0.25, 0.3) is 0 Å². The van der Waals surface area contributed by atoms with Crippen molar-refractivity contribution in [3.8, 4) is 5.75 Å². The highest BCUT2D eigenvalue weighted by Gasteiger charge is 2.37. The van der Waals surface area contributed by atoms with E-state index < -0.39 is 22.8 Å². The molecule has 0 saturated carbocycles. The van der Waals surface area contributed by atoms with E-state index in [1.165, 1.54) is 17.0 Å². The lowest BCUT2D eigenvalue weighted by molar-refractivity contribution is -0.384. The number of piperazine rings is 2. The van der Waals surface area contributed by atoms with Gasteiger partial charge in [0.1, 0.15) is 11.8 Å². The van der Waals surface area contributed by atoms with Crippen molar-refractivity contribution in [3.63, 3.8) is 0 Å². The van der Waals surface area contributed by atoms with Crippen LogP contribution in [0.2, 0.25) is 5.02 Å². The Morgan fingerprint density at radius 1 is 1.11 bits per heavy atom. The molecule has 2 aromatic carbocycles. The van der Waals surface area contributed by atoms with E-state index in [1.54, 1.807) is 12.0 Å². The first-order chi connectivity index (χ1) is 17.3. The second kappa shape index (κ2) is 10.8. The maximum absolute atomic E-state index is 13.2. The largest absolute Gasteiger partial charge is 0.497 e. The van der Waals surface area contributed by atoms with Gasteiger partial charge in [0.25, 0.3) is 11.6 Å². The quantitative estimate of drug-likeness (QED) is 0.460. The number of nitro groups is 1. The molecule has 2 aromatic rings. The molecule has 2 heterocycles. The molecule has 2 fully saturated rings. The Labute approximate surface area is 212 Å². The number of rotatable bonds is 6. The number of benzene rings is 2. The summed E-state index contributed by atoms with van der Waals surface area (Å²) in [6.45, 7) is 2.68. The predicted octanol–water partition coefficient (Wildman–Crippen LogP) is 1.94. The Morgan fingerprint density at radius 3 is 2.42 bits per heavy atom. The van der Waals surface area contributed by atoms with Gasteiger partial charge in [0, 0.05) is 57.1 Å². The van der Waals surface area contributed by atoms with E-state index in [2.05, 4.69) is 10.2 Å². The van der Waals surface area contributed by atoms with Crippen molar-refractivity contribution in [2.24, 2.45) is 0 Å². The van der Waals surface area contributed by atoms with Crippen LogP contribution in [0.4, 0.5) is 11.4 Å². The standard InChI is InChI=1S/C24H26ClN5O6/c1-36-18-5-2-16(3-6-18)27-10-12-28(13-11-27)22(31)15-21-23(32)26-8-9-29(21)24(33)19-7-4-17(30(34)35)14-20(19)25/h2-7,14,21H,8-13,15H2,1H3,(H,26,32). The van der Waals surface area contributed by atoms with Crippen molar-refractivity contribution < 1.29 is 24.0 Å². The molecule has 2 aliphatic heterocycles. The van der Waals surface area contributed by atoms with E-state index in [-0.39, 0.29) is 41.7 Å². The van der Waals surface area contributed by atoms with E-state index in [0.29, 0.717) is 26.2 Å². The van der Waals surface area contributed by atoms with Crippen LogP contribution in [-0.2, 0) is 9.59 Å². The molecule has 0 aromatic heterocycles. The van der Waals surface area contributed by atoms with E-state index in [0.717, 1.165) is 17.5 Å². The zero-order valence-electron chi connectivity index (χ0n) is 19.7. The molecule has 0 spiro atoms. The van der Waals surface area contributed by atoms with Crippen molar-refractivity contribution >= 4 is 40.7 Å². The summed E-state index contributed by atoms with van der Waals surface area (Å²) in [6, 6.07) is 10.3. The number of methoxy groups -OCH3 is 1. The molecule has 0 aliphatic carbocycles. The van der Waals surface area contributed by atoms with E-state index >= 15 is 0 Å². The molecular formula is C24H26ClN5O6. The molecule has 1 unspecified atom stereocenters. The Bertz CT molecular complexity index is 1170. The molecule has 36 heavy (non-hydrogen) atoms. The summed E-state index contributed by atoms with van der Waals surface area (Å²) < 4.78 is 5.19. The fourth-order valence-electron chi connectivity index (χ4n) is 4.41. The number of hydrogen-bond acceptors (Lipinski definition) is 7. The molecule has 12 heteroatoms. The number of nitro benzene ring substituents is 1. The van der Waals surface area contributed by atoms with Crippen molar-refractivity contribution in [2.45, 2.75) is 12.5 Å². The average Bonchev–Trinajstić information content (AvgIpc) is 2.89. The number of amides is 3. The molecule has 11 nitrogen and oxygen atoms in total. The third-order valence-corrected chi connectivity index (χ3v) is 6.74. The fourth-order valence-corrected chi connectivity index (χ4v) is 4.66. The number of non-ortho nitro benzene ring substituents is 1. The number of hydrogen-bond donors (Lipinski definition) is 1. The first kappa shape index (κ1) is 25.2. The number of halogens is 1. The Morgan fingerprint density at radius 2 is 1.81 bits per heavy atom. The summed E-state index contributed by atoms with van der Waals surface area (Å²) in [7, 11) is 1.61.